The largest absolute Gasteiger partial charge is 0.493 e. The van der Waals surface area contributed by atoms with Gasteiger partial charge in [0.15, 0.2) is 23.0 Å². The lowest BCUT2D eigenvalue weighted by atomic mass is 9.72. The number of methoxy groups -OCH3 is 1. The van der Waals surface area contributed by atoms with Gasteiger partial charge in [-0.2, -0.15) is 0 Å². The summed E-state index contributed by atoms with van der Waals surface area (Å²) < 4.78 is 17.0. The molecule has 1 saturated heterocycles. The molecule has 0 aliphatic carbocycles. The molecule has 3 atom stereocenters. The monoisotopic (exact) mass is 455 g/mol. The second-order valence-electron chi connectivity index (χ2n) is 8.22. The van der Waals surface area contributed by atoms with Crippen molar-refractivity contribution in [2.75, 3.05) is 20.8 Å². The van der Waals surface area contributed by atoms with E-state index in [0.29, 0.717) is 35.3 Å². The number of benzene rings is 2. The molecule has 2 bridgehead atoms. The third-order valence-electron chi connectivity index (χ3n) is 6.24. The number of likely N-dealkylation sites (tertiary alicyclic amines) is 1. The van der Waals surface area contributed by atoms with Gasteiger partial charge in [0.25, 0.3) is 0 Å². The first-order valence-electron chi connectivity index (χ1n) is 10.6. The Hall–Kier alpha value is -2.99. The van der Waals surface area contributed by atoms with Gasteiger partial charge in [-0.1, -0.05) is 23.7 Å². The summed E-state index contributed by atoms with van der Waals surface area (Å²) in [4.78, 5) is 28.1. The van der Waals surface area contributed by atoms with E-state index in [1.165, 1.54) is 11.0 Å². The SMILES string of the molecule is CCOc1ccc(C=CC(=O)C2C(=O)N(C)C3(C)CC2c2cc(Cl)ccc2O3)cc1OC. The molecule has 0 radical (unpaired) electrons. The van der Waals surface area contributed by atoms with Crippen LogP contribution in [0.2, 0.25) is 5.02 Å². The molecule has 2 aromatic carbocycles. The number of hydrogen-bond donors (Lipinski definition) is 0. The molecule has 168 valence electrons. The number of hydrogen-bond acceptors (Lipinski definition) is 5. The van der Waals surface area contributed by atoms with Gasteiger partial charge in [0.1, 0.15) is 11.7 Å². The molecular formula is C25H26ClNO5. The van der Waals surface area contributed by atoms with Crippen molar-refractivity contribution in [2.45, 2.75) is 31.9 Å². The molecule has 32 heavy (non-hydrogen) atoms. The molecule has 6 nitrogen and oxygen atoms in total. The Bertz CT molecular complexity index is 1100. The van der Waals surface area contributed by atoms with E-state index in [9.17, 15) is 9.59 Å². The van der Waals surface area contributed by atoms with Crippen molar-refractivity contribution in [3.63, 3.8) is 0 Å². The summed E-state index contributed by atoms with van der Waals surface area (Å²) in [7, 11) is 3.25. The number of carbonyl (C=O) groups excluding carboxylic acids is 2. The maximum Gasteiger partial charge on any atom is 0.236 e. The highest BCUT2D eigenvalue weighted by Crippen LogP contribution is 2.50. The molecule has 1 amide bonds. The molecule has 0 spiro atoms. The summed E-state index contributed by atoms with van der Waals surface area (Å²) in [6, 6.07) is 10.8. The van der Waals surface area contributed by atoms with E-state index in [2.05, 4.69) is 0 Å². The highest BCUT2D eigenvalue weighted by Gasteiger charge is 2.54. The number of nitrogens with zero attached hydrogens (tertiary/aromatic N) is 1. The number of ether oxygens (including phenoxy) is 3. The van der Waals surface area contributed by atoms with Gasteiger partial charge >= 0.3 is 0 Å². The normalized spacial score (nSPS) is 24.2. The zero-order valence-corrected chi connectivity index (χ0v) is 19.3. The lowest BCUT2D eigenvalue weighted by molar-refractivity contribution is -0.170. The molecule has 2 aliphatic rings. The van der Waals surface area contributed by atoms with Crippen molar-refractivity contribution in [3.8, 4) is 17.2 Å². The Labute approximate surface area is 192 Å². The molecule has 7 heteroatoms. The molecule has 3 unspecified atom stereocenters. The molecule has 0 aromatic heterocycles. The molecule has 1 fully saturated rings. The van der Waals surface area contributed by atoms with Crippen molar-refractivity contribution >= 4 is 29.4 Å². The lowest BCUT2D eigenvalue weighted by Crippen LogP contribution is -2.62. The number of rotatable bonds is 6. The summed E-state index contributed by atoms with van der Waals surface area (Å²) in [5, 5.41) is 0.547. The number of halogens is 1. The van der Waals surface area contributed by atoms with E-state index in [4.69, 9.17) is 25.8 Å². The van der Waals surface area contributed by atoms with Gasteiger partial charge < -0.3 is 19.1 Å². The first-order chi connectivity index (χ1) is 15.3. The summed E-state index contributed by atoms with van der Waals surface area (Å²) in [5.74, 6) is 0.220. The van der Waals surface area contributed by atoms with Gasteiger partial charge in [-0.25, -0.2) is 0 Å². The second kappa shape index (κ2) is 8.51. The average molecular weight is 456 g/mol. The van der Waals surface area contributed by atoms with Crippen LogP contribution in [0.5, 0.6) is 17.2 Å². The molecule has 2 heterocycles. The number of carbonyl (C=O) groups is 2. The van der Waals surface area contributed by atoms with Crippen molar-refractivity contribution in [1.82, 2.24) is 4.90 Å². The zero-order valence-electron chi connectivity index (χ0n) is 18.6. The van der Waals surface area contributed by atoms with E-state index < -0.39 is 11.6 Å². The first-order valence-corrected chi connectivity index (χ1v) is 10.9. The minimum Gasteiger partial charge on any atom is -0.493 e. The quantitative estimate of drug-likeness (QED) is 0.466. The van der Waals surface area contributed by atoms with E-state index in [1.807, 2.05) is 19.9 Å². The average Bonchev–Trinajstić information content (AvgIpc) is 2.77. The highest BCUT2D eigenvalue weighted by atomic mass is 35.5. The minimum absolute atomic E-state index is 0.255. The van der Waals surface area contributed by atoms with E-state index in [0.717, 1.165) is 11.1 Å². The lowest BCUT2D eigenvalue weighted by Gasteiger charge is -2.51. The minimum atomic E-state index is -0.838. The third kappa shape index (κ3) is 3.84. The van der Waals surface area contributed by atoms with Gasteiger partial charge in [-0.3, -0.25) is 9.59 Å². The van der Waals surface area contributed by atoms with Crippen LogP contribution in [-0.2, 0) is 9.59 Å². The van der Waals surface area contributed by atoms with Crippen LogP contribution in [0.4, 0.5) is 0 Å². The maximum atomic E-state index is 13.3. The van der Waals surface area contributed by atoms with E-state index >= 15 is 0 Å². The number of ketones is 1. The Kier molecular flexibility index (Phi) is 5.91. The van der Waals surface area contributed by atoms with Crippen LogP contribution in [0, 0.1) is 5.92 Å². The van der Waals surface area contributed by atoms with Crippen LogP contribution in [-0.4, -0.2) is 43.1 Å². The third-order valence-corrected chi connectivity index (χ3v) is 6.48. The summed E-state index contributed by atoms with van der Waals surface area (Å²) in [6.07, 6.45) is 3.68. The van der Waals surface area contributed by atoms with Gasteiger partial charge in [0.05, 0.1) is 13.7 Å². The van der Waals surface area contributed by atoms with Crippen LogP contribution in [0.1, 0.15) is 37.3 Å². The van der Waals surface area contributed by atoms with Crippen LogP contribution in [0.3, 0.4) is 0 Å². The van der Waals surface area contributed by atoms with Crippen molar-refractivity contribution in [3.05, 3.63) is 58.6 Å². The summed E-state index contributed by atoms with van der Waals surface area (Å²) in [6.45, 7) is 4.30. The number of fused-ring (bicyclic) bond motifs is 4. The number of piperidine rings is 1. The van der Waals surface area contributed by atoms with Gasteiger partial charge in [0, 0.05) is 30.0 Å². The van der Waals surface area contributed by atoms with Gasteiger partial charge in [-0.05, 0) is 55.8 Å². The predicted molar refractivity (Wildman–Crippen MR) is 122 cm³/mol. The standard InChI is InChI=1S/C25H26ClNO5/c1-5-31-21-10-7-15(12-22(21)30-4)6-9-19(28)23-18-14-25(2,27(3)24(23)29)32-20-11-8-16(26)13-17(18)20/h6-13,18,23H,5,14H2,1-4H3. The van der Waals surface area contributed by atoms with Crippen molar-refractivity contribution < 1.29 is 23.8 Å². The van der Waals surface area contributed by atoms with Crippen LogP contribution in [0.25, 0.3) is 6.08 Å². The summed E-state index contributed by atoms with van der Waals surface area (Å²) in [5.41, 5.74) is 0.771. The Morgan fingerprint density at radius 2 is 2.06 bits per heavy atom. The van der Waals surface area contributed by atoms with Crippen LogP contribution < -0.4 is 14.2 Å². The second-order valence-corrected chi connectivity index (χ2v) is 8.66. The predicted octanol–water partition coefficient (Wildman–Crippen LogP) is 4.70. The highest BCUT2D eigenvalue weighted by molar-refractivity contribution is 6.30. The smallest absolute Gasteiger partial charge is 0.236 e. The Morgan fingerprint density at radius 1 is 1.28 bits per heavy atom. The maximum absolute atomic E-state index is 13.3. The van der Waals surface area contributed by atoms with Crippen LogP contribution in [0.15, 0.2) is 42.5 Å². The number of amides is 1. The molecule has 2 aromatic rings. The Balaban J connectivity index is 1.65. The fourth-order valence-electron chi connectivity index (χ4n) is 4.48. The molecule has 0 N–H and O–H groups in total. The molecule has 0 saturated carbocycles. The van der Waals surface area contributed by atoms with Gasteiger partial charge in [-0.15, -0.1) is 0 Å². The van der Waals surface area contributed by atoms with Crippen molar-refractivity contribution in [1.29, 1.82) is 0 Å². The molecule has 4 rings (SSSR count). The zero-order chi connectivity index (χ0) is 23.0. The van der Waals surface area contributed by atoms with E-state index in [1.54, 1.807) is 50.6 Å². The topological polar surface area (TPSA) is 65.1 Å². The fourth-order valence-corrected chi connectivity index (χ4v) is 4.66. The Morgan fingerprint density at radius 3 is 2.78 bits per heavy atom. The molecular weight excluding hydrogens is 430 g/mol. The molecule has 2 aliphatic heterocycles. The van der Waals surface area contributed by atoms with E-state index in [-0.39, 0.29) is 17.6 Å². The van der Waals surface area contributed by atoms with Gasteiger partial charge in [0.2, 0.25) is 5.91 Å². The summed E-state index contributed by atoms with van der Waals surface area (Å²) >= 11 is 6.21. The van der Waals surface area contributed by atoms with Crippen LogP contribution >= 0.6 is 11.6 Å². The first kappa shape index (κ1) is 22.2. The number of allylic oxidation sites excluding steroid dienone is 1. The van der Waals surface area contributed by atoms with Crippen molar-refractivity contribution in [2.24, 2.45) is 5.92 Å². The fraction of sp³-hybridized carbons (Fsp3) is 0.360.